The van der Waals surface area contributed by atoms with Crippen LogP contribution in [0.4, 0.5) is 0 Å². The van der Waals surface area contributed by atoms with Crippen molar-refractivity contribution in [2.75, 3.05) is 48.3 Å². The van der Waals surface area contributed by atoms with Crippen molar-refractivity contribution >= 4 is 35.8 Å². The molecule has 1 saturated carbocycles. The van der Waals surface area contributed by atoms with Gasteiger partial charge >= 0.3 is 0 Å². The number of nitrogens with one attached hydrogen (secondary N) is 2. The fraction of sp³-hybridized carbons (Fsp3) is 0.600. The molecule has 0 bridgehead atoms. The Balaban J connectivity index is 0.00000364. The van der Waals surface area contributed by atoms with E-state index in [9.17, 15) is 4.79 Å². The second-order valence-corrected chi connectivity index (χ2v) is 7.40. The molecular weight excluding hydrogens is 453 g/mol. The van der Waals surface area contributed by atoms with Crippen molar-refractivity contribution in [3.05, 3.63) is 35.4 Å². The molecule has 0 saturated heterocycles. The number of hydrogen-bond donors (Lipinski definition) is 2. The highest BCUT2D eigenvalue weighted by Crippen LogP contribution is 2.34. The summed E-state index contributed by atoms with van der Waals surface area (Å²) in [6.07, 6.45) is 3.51. The molecule has 1 atom stereocenters. The fourth-order valence-corrected chi connectivity index (χ4v) is 3.12. The summed E-state index contributed by atoms with van der Waals surface area (Å²) in [5, 5.41) is 6.81. The van der Waals surface area contributed by atoms with Crippen molar-refractivity contribution in [3.8, 4) is 0 Å². The third-order valence-corrected chi connectivity index (χ3v) is 4.82. The quantitative estimate of drug-likeness (QED) is 0.335. The Labute approximate surface area is 180 Å². The molecule has 0 radical (unpaired) electrons. The molecule has 7 heteroatoms. The maximum absolute atomic E-state index is 12.1. The molecule has 0 aromatic heterocycles. The van der Waals surface area contributed by atoms with E-state index in [-0.39, 0.29) is 29.9 Å². The van der Waals surface area contributed by atoms with Crippen molar-refractivity contribution in [1.29, 1.82) is 0 Å². The first-order chi connectivity index (χ1) is 12.4. The van der Waals surface area contributed by atoms with Crippen LogP contribution in [0, 0.1) is 5.92 Å². The van der Waals surface area contributed by atoms with Crippen LogP contribution in [-0.4, -0.2) is 76.0 Å². The van der Waals surface area contributed by atoms with Crippen LogP contribution in [0.2, 0.25) is 0 Å². The maximum Gasteiger partial charge on any atom is 0.253 e. The van der Waals surface area contributed by atoms with E-state index in [1.807, 2.05) is 18.2 Å². The zero-order chi connectivity index (χ0) is 19.1. The highest BCUT2D eigenvalue weighted by Gasteiger charge is 2.32. The summed E-state index contributed by atoms with van der Waals surface area (Å²) in [7, 11) is 9.63. The van der Waals surface area contributed by atoms with E-state index in [1.54, 1.807) is 26.0 Å². The Morgan fingerprint density at radius 2 is 1.93 bits per heavy atom. The van der Waals surface area contributed by atoms with E-state index in [1.165, 1.54) is 12.8 Å². The number of carbonyl (C=O) groups is 1. The van der Waals surface area contributed by atoms with Gasteiger partial charge in [0.25, 0.3) is 5.91 Å². The van der Waals surface area contributed by atoms with Crippen LogP contribution in [0.1, 0.15) is 28.8 Å². The zero-order valence-corrected chi connectivity index (χ0v) is 19.5. The first-order valence-electron chi connectivity index (χ1n) is 9.34. The monoisotopic (exact) mass is 487 g/mol. The summed E-state index contributed by atoms with van der Waals surface area (Å²) in [5.74, 6) is 1.68. The van der Waals surface area contributed by atoms with Crippen LogP contribution < -0.4 is 10.6 Å². The van der Waals surface area contributed by atoms with Crippen molar-refractivity contribution in [2.24, 2.45) is 10.9 Å². The summed E-state index contributed by atoms with van der Waals surface area (Å²) < 4.78 is 0. The highest BCUT2D eigenvalue weighted by molar-refractivity contribution is 14.0. The summed E-state index contributed by atoms with van der Waals surface area (Å²) in [4.78, 5) is 20.3. The van der Waals surface area contributed by atoms with Gasteiger partial charge in [-0.1, -0.05) is 12.1 Å². The molecule has 0 spiro atoms. The van der Waals surface area contributed by atoms with E-state index < -0.39 is 0 Å². The lowest BCUT2D eigenvalue weighted by Gasteiger charge is -2.25. The second kappa shape index (κ2) is 11.5. The third-order valence-electron chi connectivity index (χ3n) is 4.82. The Hall–Kier alpha value is -1.35. The van der Waals surface area contributed by atoms with Gasteiger partial charge in [0.1, 0.15) is 0 Å². The van der Waals surface area contributed by atoms with E-state index in [2.05, 4.69) is 40.7 Å². The molecular formula is C20H34IN5O. The lowest BCUT2D eigenvalue weighted by Crippen LogP contribution is -2.46. The van der Waals surface area contributed by atoms with Crippen molar-refractivity contribution in [1.82, 2.24) is 20.4 Å². The Kier molecular flexibility index (Phi) is 10.1. The molecule has 2 N–H and O–H groups in total. The van der Waals surface area contributed by atoms with Gasteiger partial charge in [-0.25, -0.2) is 0 Å². The van der Waals surface area contributed by atoms with E-state index in [0.717, 1.165) is 42.5 Å². The van der Waals surface area contributed by atoms with Crippen LogP contribution in [0.15, 0.2) is 29.3 Å². The Morgan fingerprint density at radius 3 is 2.48 bits per heavy atom. The lowest BCUT2D eigenvalue weighted by molar-refractivity contribution is 0.0827. The number of guanidine groups is 1. The topological polar surface area (TPSA) is 60.0 Å². The van der Waals surface area contributed by atoms with Crippen molar-refractivity contribution < 1.29 is 4.79 Å². The molecule has 2 rings (SSSR count). The second-order valence-electron chi connectivity index (χ2n) is 7.40. The van der Waals surface area contributed by atoms with Gasteiger partial charge in [0, 0.05) is 45.8 Å². The summed E-state index contributed by atoms with van der Waals surface area (Å²) >= 11 is 0. The average molecular weight is 487 g/mol. The largest absolute Gasteiger partial charge is 0.356 e. The Morgan fingerprint density at radius 1 is 1.22 bits per heavy atom. The van der Waals surface area contributed by atoms with Crippen LogP contribution >= 0.6 is 24.0 Å². The van der Waals surface area contributed by atoms with E-state index in [0.29, 0.717) is 6.04 Å². The molecule has 1 aliphatic rings. The lowest BCUT2D eigenvalue weighted by atomic mass is 10.1. The van der Waals surface area contributed by atoms with Crippen LogP contribution in [0.5, 0.6) is 0 Å². The number of halogens is 1. The van der Waals surface area contributed by atoms with Gasteiger partial charge < -0.3 is 20.4 Å². The summed E-state index contributed by atoms with van der Waals surface area (Å²) in [6, 6.07) is 8.38. The number of carbonyl (C=O) groups excluding carboxylic acids is 1. The average Bonchev–Trinajstić information content (AvgIpc) is 3.44. The normalized spacial score (nSPS) is 15.1. The first-order valence-corrected chi connectivity index (χ1v) is 9.34. The van der Waals surface area contributed by atoms with Gasteiger partial charge in [-0.3, -0.25) is 9.79 Å². The standard InChI is InChI=1S/C20H33N5O.HI/c1-21-20(23-14-18(24(2)3)16-9-10-16)22-12-11-15-7-6-8-17(13-15)19(26)25(4)5;/h6-8,13,16,18H,9-12,14H2,1-5H3,(H2,21,22,23);1H. The molecule has 1 unspecified atom stereocenters. The Bertz CT molecular complexity index is 627. The molecule has 152 valence electrons. The number of aliphatic imine (C=N–C) groups is 1. The number of likely N-dealkylation sites (N-methyl/N-ethyl adjacent to an activating group) is 1. The summed E-state index contributed by atoms with van der Waals surface area (Å²) in [6.45, 7) is 1.68. The van der Waals surface area contributed by atoms with E-state index >= 15 is 0 Å². The van der Waals surface area contributed by atoms with Gasteiger partial charge in [-0.2, -0.15) is 0 Å². The molecule has 1 aliphatic carbocycles. The van der Waals surface area contributed by atoms with E-state index in [4.69, 9.17) is 0 Å². The maximum atomic E-state index is 12.1. The first kappa shape index (κ1) is 23.7. The van der Waals surface area contributed by atoms with Gasteiger partial charge in [0.2, 0.25) is 0 Å². The number of hydrogen-bond acceptors (Lipinski definition) is 3. The molecule has 0 heterocycles. The van der Waals surface area contributed by atoms with Crippen LogP contribution in [0.3, 0.4) is 0 Å². The van der Waals surface area contributed by atoms with Gasteiger partial charge in [-0.05, 0) is 57.0 Å². The predicted molar refractivity (Wildman–Crippen MR) is 123 cm³/mol. The smallest absolute Gasteiger partial charge is 0.253 e. The minimum Gasteiger partial charge on any atom is -0.356 e. The number of nitrogens with zero attached hydrogens (tertiary/aromatic N) is 3. The van der Waals surface area contributed by atoms with Crippen molar-refractivity contribution in [2.45, 2.75) is 25.3 Å². The zero-order valence-electron chi connectivity index (χ0n) is 17.2. The van der Waals surface area contributed by atoms with Crippen LogP contribution in [0.25, 0.3) is 0 Å². The molecule has 0 aliphatic heterocycles. The molecule has 1 amide bonds. The third kappa shape index (κ3) is 7.65. The molecule has 1 fully saturated rings. The van der Waals surface area contributed by atoms with Crippen LogP contribution in [-0.2, 0) is 6.42 Å². The SMILES string of the molecule is CN=C(NCCc1cccc(C(=O)N(C)C)c1)NCC(C1CC1)N(C)C.I. The molecule has 27 heavy (non-hydrogen) atoms. The van der Waals surface area contributed by atoms with Gasteiger partial charge in [-0.15, -0.1) is 24.0 Å². The minimum absolute atomic E-state index is 0. The molecule has 1 aromatic rings. The van der Waals surface area contributed by atoms with Crippen molar-refractivity contribution in [3.63, 3.8) is 0 Å². The fourth-order valence-electron chi connectivity index (χ4n) is 3.12. The summed E-state index contributed by atoms with van der Waals surface area (Å²) in [5.41, 5.74) is 1.87. The van der Waals surface area contributed by atoms with Gasteiger partial charge in [0.05, 0.1) is 0 Å². The predicted octanol–water partition coefficient (Wildman–Crippen LogP) is 2.05. The molecule has 1 aromatic carbocycles. The number of amides is 1. The van der Waals surface area contributed by atoms with Gasteiger partial charge in [0.15, 0.2) is 5.96 Å². The highest BCUT2D eigenvalue weighted by atomic mass is 127. The number of rotatable bonds is 8. The molecule has 6 nitrogen and oxygen atoms in total. The number of benzene rings is 1. The minimum atomic E-state index is 0.